The lowest BCUT2D eigenvalue weighted by molar-refractivity contribution is -0.0556. The first-order valence-corrected chi connectivity index (χ1v) is 8.49. The van der Waals surface area contributed by atoms with Gasteiger partial charge in [0.2, 0.25) is 0 Å². The van der Waals surface area contributed by atoms with Gasteiger partial charge in [0.25, 0.3) is 0 Å². The van der Waals surface area contributed by atoms with Crippen molar-refractivity contribution >= 4 is 0 Å². The number of hydrogen-bond donors (Lipinski definition) is 1. The van der Waals surface area contributed by atoms with Gasteiger partial charge in [-0.1, -0.05) is 32.1 Å². The first-order chi connectivity index (χ1) is 8.76. The van der Waals surface area contributed by atoms with Gasteiger partial charge in [0.15, 0.2) is 0 Å². The Morgan fingerprint density at radius 3 is 2.56 bits per heavy atom. The summed E-state index contributed by atoms with van der Waals surface area (Å²) in [6.45, 7) is 0. The van der Waals surface area contributed by atoms with Crippen LogP contribution in [0.25, 0.3) is 0 Å². The normalized spacial score (nSPS) is 51.2. The van der Waals surface area contributed by atoms with Crippen LogP contribution >= 0.6 is 0 Å². The largest absolute Gasteiger partial charge is 0.390 e. The molecule has 4 fully saturated rings. The number of hydrogen-bond acceptors (Lipinski definition) is 1. The van der Waals surface area contributed by atoms with Crippen molar-refractivity contribution < 1.29 is 5.11 Å². The van der Waals surface area contributed by atoms with Gasteiger partial charge in [0.05, 0.1) is 5.60 Å². The monoisotopic (exact) mass is 248 g/mol. The van der Waals surface area contributed by atoms with E-state index >= 15 is 0 Å². The maximum atomic E-state index is 11.1. The fraction of sp³-hybridized carbons (Fsp3) is 1.00. The molecule has 0 amide bonds. The molecule has 0 aromatic carbocycles. The van der Waals surface area contributed by atoms with Crippen LogP contribution in [-0.2, 0) is 0 Å². The van der Waals surface area contributed by atoms with E-state index in [1.165, 1.54) is 57.8 Å². The van der Waals surface area contributed by atoms with Crippen molar-refractivity contribution in [2.75, 3.05) is 0 Å². The molecule has 0 aliphatic heterocycles. The molecule has 0 radical (unpaired) electrons. The predicted molar refractivity (Wildman–Crippen MR) is 73.2 cm³/mol. The van der Waals surface area contributed by atoms with Crippen molar-refractivity contribution in [1.29, 1.82) is 0 Å². The highest BCUT2D eigenvalue weighted by Gasteiger charge is 2.59. The summed E-state index contributed by atoms with van der Waals surface area (Å²) in [7, 11) is 0. The second kappa shape index (κ2) is 4.23. The van der Waals surface area contributed by atoms with E-state index in [2.05, 4.69) is 0 Å². The molecular weight excluding hydrogens is 220 g/mol. The van der Waals surface area contributed by atoms with Crippen LogP contribution < -0.4 is 0 Å². The lowest BCUT2D eigenvalue weighted by atomic mass is 9.70. The Kier molecular flexibility index (Phi) is 2.76. The minimum absolute atomic E-state index is 0.237. The molecule has 5 unspecified atom stereocenters. The Balaban J connectivity index is 1.41. The molecule has 18 heavy (non-hydrogen) atoms. The highest BCUT2D eigenvalue weighted by atomic mass is 16.3. The minimum atomic E-state index is -0.237. The maximum Gasteiger partial charge on any atom is 0.0681 e. The molecule has 5 atom stereocenters. The summed E-state index contributed by atoms with van der Waals surface area (Å²) in [4.78, 5) is 0. The van der Waals surface area contributed by atoms with Crippen LogP contribution in [-0.4, -0.2) is 10.7 Å². The molecule has 1 heteroatoms. The van der Waals surface area contributed by atoms with Gasteiger partial charge in [0, 0.05) is 0 Å². The lowest BCUT2D eigenvalue weighted by Crippen LogP contribution is -2.41. The molecule has 0 saturated heterocycles. The Morgan fingerprint density at radius 2 is 1.72 bits per heavy atom. The Labute approximate surface area is 111 Å². The first kappa shape index (κ1) is 11.8. The van der Waals surface area contributed by atoms with Gasteiger partial charge in [-0.2, -0.15) is 0 Å². The van der Waals surface area contributed by atoms with Crippen molar-refractivity contribution in [1.82, 2.24) is 0 Å². The van der Waals surface area contributed by atoms with Crippen LogP contribution in [0.5, 0.6) is 0 Å². The smallest absolute Gasteiger partial charge is 0.0681 e. The third-order valence-corrected chi connectivity index (χ3v) is 7.07. The number of fused-ring (bicyclic) bond motifs is 5. The van der Waals surface area contributed by atoms with Crippen molar-refractivity contribution in [2.24, 2.45) is 29.6 Å². The second-order valence-corrected chi connectivity index (χ2v) is 7.86. The van der Waals surface area contributed by atoms with Crippen molar-refractivity contribution in [3.8, 4) is 0 Å². The summed E-state index contributed by atoms with van der Waals surface area (Å²) >= 11 is 0. The summed E-state index contributed by atoms with van der Waals surface area (Å²) in [6, 6.07) is 0. The molecule has 1 N–H and O–H groups in total. The zero-order valence-corrected chi connectivity index (χ0v) is 11.6. The quantitative estimate of drug-likeness (QED) is 0.795. The van der Waals surface area contributed by atoms with Crippen molar-refractivity contribution in [3.63, 3.8) is 0 Å². The zero-order valence-electron chi connectivity index (χ0n) is 11.6. The van der Waals surface area contributed by atoms with E-state index in [0.29, 0.717) is 5.92 Å². The average Bonchev–Trinajstić information content (AvgIpc) is 3.09. The topological polar surface area (TPSA) is 20.2 Å². The Hall–Kier alpha value is -0.0400. The van der Waals surface area contributed by atoms with E-state index in [0.717, 1.165) is 36.5 Å². The molecule has 0 aromatic heterocycles. The Morgan fingerprint density at radius 1 is 0.944 bits per heavy atom. The van der Waals surface area contributed by atoms with Gasteiger partial charge in [-0.05, 0) is 68.1 Å². The van der Waals surface area contributed by atoms with E-state index in [4.69, 9.17) is 0 Å². The summed E-state index contributed by atoms with van der Waals surface area (Å²) in [5.74, 6) is 4.47. The van der Waals surface area contributed by atoms with Gasteiger partial charge >= 0.3 is 0 Å². The first-order valence-electron chi connectivity index (χ1n) is 8.49. The van der Waals surface area contributed by atoms with Crippen molar-refractivity contribution in [2.45, 2.75) is 76.2 Å². The van der Waals surface area contributed by atoms with Crippen LogP contribution in [0.2, 0.25) is 0 Å². The van der Waals surface area contributed by atoms with E-state index in [-0.39, 0.29) is 5.60 Å². The molecule has 4 aliphatic rings. The van der Waals surface area contributed by atoms with E-state index in [1.54, 1.807) is 0 Å². The van der Waals surface area contributed by atoms with Crippen molar-refractivity contribution in [3.05, 3.63) is 0 Å². The molecule has 4 saturated carbocycles. The number of aliphatic hydroxyl groups is 1. The third kappa shape index (κ3) is 1.69. The summed E-state index contributed by atoms with van der Waals surface area (Å²) in [5.41, 5.74) is -0.237. The molecule has 2 bridgehead atoms. The third-order valence-electron chi connectivity index (χ3n) is 7.07. The van der Waals surface area contributed by atoms with Crippen LogP contribution in [0, 0.1) is 29.6 Å². The maximum absolute atomic E-state index is 11.1. The fourth-order valence-electron chi connectivity index (χ4n) is 6.28. The highest BCUT2D eigenvalue weighted by molar-refractivity contribution is 5.10. The molecule has 4 aliphatic carbocycles. The SMILES string of the molecule is OC1(CCC2CCCC2)CC2CC1C1CCCC21. The van der Waals surface area contributed by atoms with Crippen LogP contribution in [0.3, 0.4) is 0 Å². The van der Waals surface area contributed by atoms with Gasteiger partial charge < -0.3 is 5.11 Å². The molecule has 0 heterocycles. The van der Waals surface area contributed by atoms with Gasteiger partial charge in [0.1, 0.15) is 0 Å². The van der Waals surface area contributed by atoms with Gasteiger partial charge in [-0.25, -0.2) is 0 Å². The Bertz CT molecular complexity index is 320. The highest BCUT2D eigenvalue weighted by Crippen LogP contribution is 2.63. The molecular formula is C17H28O. The summed E-state index contributed by atoms with van der Waals surface area (Å²) < 4.78 is 0. The average molecular weight is 248 g/mol. The van der Waals surface area contributed by atoms with Crippen LogP contribution in [0.15, 0.2) is 0 Å². The van der Waals surface area contributed by atoms with E-state index in [1.807, 2.05) is 0 Å². The standard InChI is InChI=1S/C17H28O/c18-17(9-8-12-4-1-2-5-12)11-13-10-16(17)15-7-3-6-14(13)15/h12-16,18H,1-11H2. The molecule has 0 aromatic rings. The predicted octanol–water partition coefficient (Wildman–Crippen LogP) is 4.14. The fourth-order valence-corrected chi connectivity index (χ4v) is 6.28. The number of rotatable bonds is 3. The summed E-state index contributed by atoms with van der Waals surface area (Å²) in [5, 5.41) is 11.1. The second-order valence-electron chi connectivity index (χ2n) is 7.86. The lowest BCUT2D eigenvalue weighted by Gasteiger charge is -2.39. The molecule has 102 valence electrons. The molecule has 0 spiro atoms. The zero-order chi connectivity index (χ0) is 12.2. The minimum Gasteiger partial charge on any atom is -0.390 e. The van der Waals surface area contributed by atoms with Crippen LogP contribution in [0.4, 0.5) is 0 Å². The molecule has 4 rings (SSSR count). The van der Waals surface area contributed by atoms with Crippen LogP contribution in [0.1, 0.15) is 70.6 Å². The van der Waals surface area contributed by atoms with Gasteiger partial charge in [-0.15, -0.1) is 0 Å². The van der Waals surface area contributed by atoms with Gasteiger partial charge in [-0.3, -0.25) is 0 Å². The van der Waals surface area contributed by atoms with E-state index < -0.39 is 0 Å². The van der Waals surface area contributed by atoms with E-state index in [9.17, 15) is 5.11 Å². The summed E-state index contributed by atoms with van der Waals surface area (Å²) in [6.07, 6.45) is 15.1. The molecule has 1 nitrogen and oxygen atoms in total.